The number of pyridine rings is 1. The highest BCUT2D eigenvalue weighted by atomic mass is 79.9. The van der Waals surface area contributed by atoms with Crippen LogP contribution in [0.15, 0.2) is 22.8 Å². The lowest BCUT2D eigenvalue weighted by molar-refractivity contribution is 0.0477. The predicted molar refractivity (Wildman–Crippen MR) is 97.5 cm³/mol. The van der Waals surface area contributed by atoms with Gasteiger partial charge >= 0.3 is 5.97 Å². The van der Waals surface area contributed by atoms with Crippen LogP contribution in [0.3, 0.4) is 0 Å². The molecule has 0 radical (unpaired) electrons. The highest BCUT2D eigenvalue weighted by molar-refractivity contribution is 9.10. The zero-order valence-corrected chi connectivity index (χ0v) is 16.6. The van der Waals surface area contributed by atoms with Crippen LogP contribution in [0, 0.1) is 0 Å². The molecule has 23 heavy (non-hydrogen) atoms. The number of nitrogens with zero attached hydrogens (tertiary/aromatic N) is 2. The number of rotatable bonds is 7. The summed E-state index contributed by atoms with van der Waals surface area (Å²) in [7, 11) is -1.14. The lowest BCUT2D eigenvalue weighted by atomic mass is 10.3. The number of fused-ring (bicyclic) bond motifs is 1. The summed E-state index contributed by atoms with van der Waals surface area (Å²) in [5.41, 5.74) is 1.18. The van der Waals surface area contributed by atoms with Crippen LogP contribution >= 0.6 is 15.9 Å². The summed E-state index contributed by atoms with van der Waals surface area (Å²) < 4.78 is 13.6. The van der Waals surface area contributed by atoms with Crippen molar-refractivity contribution in [3.63, 3.8) is 0 Å². The van der Waals surface area contributed by atoms with Crippen molar-refractivity contribution in [2.45, 2.75) is 39.3 Å². The van der Waals surface area contributed by atoms with E-state index >= 15 is 0 Å². The highest BCUT2D eigenvalue weighted by Crippen LogP contribution is 2.26. The van der Waals surface area contributed by atoms with Crippen LogP contribution in [0.5, 0.6) is 0 Å². The van der Waals surface area contributed by atoms with Crippen LogP contribution < -0.4 is 0 Å². The first kappa shape index (κ1) is 18.2. The second-order valence-electron chi connectivity index (χ2n) is 6.56. The molecule has 0 bridgehead atoms. The lowest BCUT2D eigenvalue weighted by Crippen LogP contribution is -2.22. The molecule has 0 saturated heterocycles. The van der Waals surface area contributed by atoms with E-state index in [1.165, 1.54) is 0 Å². The number of esters is 1. The lowest BCUT2D eigenvalue weighted by Gasteiger charge is -2.16. The van der Waals surface area contributed by atoms with Gasteiger partial charge in [-0.3, -0.25) is 4.57 Å². The van der Waals surface area contributed by atoms with Gasteiger partial charge in [0.25, 0.3) is 0 Å². The van der Waals surface area contributed by atoms with Gasteiger partial charge in [-0.15, -0.1) is 0 Å². The third kappa shape index (κ3) is 4.65. The van der Waals surface area contributed by atoms with Crippen LogP contribution in [-0.2, 0) is 16.2 Å². The standard InChI is InChI=1S/C16H23BrN2O3Si/c1-5-22-16(20)14-10-12-13(17)6-7-18-15(12)19(14)11-21-8-9-23(2,3)4/h6-7,10H,5,8-9,11H2,1-4H3. The van der Waals surface area contributed by atoms with E-state index in [9.17, 15) is 4.79 Å². The van der Waals surface area contributed by atoms with E-state index in [-0.39, 0.29) is 5.97 Å². The number of hydrogen-bond donors (Lipinski definition) is 0. The van der Waals surface area contributed by atoms with Crippen molar-refractivity contribution in [1.82, 2.24) is 9.55 Å². The Bertz CT molecular complexity index is 694. The van der Waals surface area contributed by atoms with E-state index in [1.54, 1.807) is 23.8 Å². The zero-order valence-electron chi connectivity index (χ0n) is 14.1. The molecule has 2 rings (SSSR count). The Kier molecular flexibility index (Phi) is 5.99. The van der Waals surface area contributed by atoms with Gasteiger partial charge in [0.2, 0.25) is 0 Å². The second kappa shape index (κ2) is 7.59. The SMILES string of the molecule is CCOC(=O)c1cc2c(Br)ccnc2n1COCC[Si](C)(C)C. The number of carbonyl (C=O) groups excluding carboxylic acids is 1. The van der Waals surface area contributed by atoms with Crippen LogP contribution in [-0.4, -0.2) is 36.8 Å². The smallest absolute Gasteiger partial charge is 0.355 e. The van der Waals surface area contributed by atoms with Crippen molar-refractivity contribution >= 4 is 41.0 Å². The molecule has 2 heterocycles. The fraction of sp³-hybridized carbons (Fsp3) is 0.500. The van der Waals surface area contributed by atoms with Crippen LogP contribution in [0.25, 0.3) is 11.0 Å². The van der Waals surface area contributed by atoms with E-state index in [2.05, 4.69) is 40.6 Å². The fourth-order valence-electron chi connectivity index (χ4n) is 2.16. The minimum Gasteiger partial charge on any atom is -0.461 e. The predicted octanol–water partition coefficient (Wildman–Crippen LogP) is 4.29. The molecule has 0 spiro atoms. The molecule has 0 fully saturated rings. The molecule has 0 aliphatic rings. The van der Waals surface area contributed by atoms with Gasteiger partial charge in [0.15, 0.2) is 0 Å². The first-order valence-electron chi connectivity index (χ1n) is 7.72. The van der Waals surface area contributed by atoms with Gasteiger partial charge in [0, 0.05) is 30.7 Å². The largest absolute Gasteiger partial charge is 0.461 e. The maximum absolute atomic E-state index is 12.2. The molecule has 0 saturated carbocycles. The summed E-state index contributed by atoms with van der Waals surface area (Å²) in [5, 5.41) is 0.879. The Morgan fingerprint density at radius 3 is 2.78 bits per heavy atom. The summed E-state index contributed by atoms with van der Waals surface area (Å²) in [6, 6.07) is 4.73. The Balaban J connectivity index is 2.26. The third-order valence-corrected chi connectivity index (χ3v) is 5.84. The van der Waals surface area contributed by atoms with Crippen molar-refractivity contribution in [2.24, 2.45) is 0 Å². The molecular formula is C16H23BrN2O3Si. The Morgan fingerprint density at radius 1 is 1.39 bits per heavy atom. The van der Waals surface area contributed by atoms with Crippen LogP contribution in [0.4, 0.5) is 0 Å². The van der Waals surface area contributed by atoms with Crippen molar-refractivity contribution in [3.8, 4) is 0 Å². The second-order valence-corrected chi connectivity index (χ2v) is 13.0. The quantitative estimate of drug-likeness (QED) is 0.396. The molecule has 0 atom stereocenters. The van der Waals surface area contributed by atoms with Gasteiger partial charge in [-0.25, -0.2) is 9.78 Å². The molecule has 0 aliphatic carbocycles. The van der Waals surface area contributed by atoms with Crippen molar-refractivity contribution < 1.29 is 14.3 Å². The molecule has 0 aromatic carbocycles. The molecule has 0 unspecified atom stereocenters. The van der Waals surface area contributed by atoms with Gasteiger partial charge in [0.05, 0.1) is 6.61 Å². The summed E-state index contributed by atoms with van der Waals surface area (Å²) in [4.78, 5) is 16.6. The van der Waals surface area contributed by atoms with Crippen molar-refractivity contribution in [3.05, 3.63) is 28.5 Å². The number of ether oxygens (including phenoxy) is 2. The molecule has 0 amide bonds. The van der Waals surface area contributed by atoms with E-state index in [0.717, 1.165) is 21.6 Å². The fourth-order valence-corrected chi connectivity index (χ4v) is 3.32. The Labute approximate surface area is 146 Å². The maximum Gasteiger partial charge on any atom is 0.355 e. The number of aromatic nitrogens is 2. The molecule has 126 valence electrons. The van der Waals surface area contributed by atoms with Gasteiger partial charge in [-0.1, -0.05) is 19.6 Å². The maximum atomic E-state index is 12.2. The average Bonchev–Trinajstić information content (AvgIpc) is 2.83. The molecule has 0 aliphatic heterocycles. The van der Waals surface area contributed by atoms with E-state index in [4.69, 9.17) is 9.47 Å². The van der Waals surface area contributed by atoms with E-state index in [0.29, 0.717) is 25.6 Å². The third-order valence-electron chi connectivity index (χ3n) is 3.44. The molecule has 2 aromatic rings. The molecule has 5 nitrogen and oxygen atoms in total. The van der Waals surface area contributed by atoms with E-state index in [1.807, 2.05) is 6.07 Å². The van der Waals surface area contributed by atoms with Gasteiger partial charge in [-0.2, -0.15) is 0 Å². The summed E-state index contributed by atoms with van der Waals surface area (Å²) >= 11 is 3.50. The number of carbonyl (C=O) groups is 1. The van der Waals surface area contributed by atoms with Gasteiger partial charge in [0.1, 0.15) is 18.1 Å². The minimum absolute atomic E-state index is 0.297. The first-order valence-corrected chi connectivity index (χ1v) is 12.2. The zero-order chi connectivity index (χ0) is 17.0. The molecular weight excluding hydrogens is 376 g/mol. The Hall–Kier alpha value is -1.18. The normalized spacial score (nSPS) is 11.9. The number of hydrogen-bond acceptors (Lipinski definition) is 4. The highest BCUT2D eigenvalue weighted by Gasteiger charge is 2.19. The van der Waals surface area contributed by atoms with Crippen LogP contribution in [0.1, 0.15) is 17.4 Å². The van der Waals surface area contributed by atoms with Crippen molar-refractivity contribution in [1.29, 1.82) is 0 Å². The summed E-state index contributed by atoms with van der Waals surface area (Å²) in [5.74, 6) is -0.355. The molecule has 0 N–H and O–H groups in total. The van der Waals surface area contributed by atoms with Gasteiger partial charge < -0.3 is 9.47 Å². The first-order chi connectivity index (χ1) is 10.8. The summed E-state index contributed by atoms with van der Waals surface area (Å²) in [6.07, 6.45) is 1.71. The van der Waals surface area contributed by atoms with Crippen molar-refractivity contribution in [2.75, 3.05) is 13.2 Å². The average molecular weight is 399 g/mol. The summed E-state index contributed by atoms with van der Waals surface area (Å²) in [6.45, 7) is 10.0. The topological polar surface area (TPSA) is 53.3 Å². The molecule has 7 heteroatoms. The monoisotopic (exact) mass is 398 g/mol. The minimum atomic E-state index is -1.14. The number of halogens is 1. The van der Waals surface area contributed by atoms with E-state index < -0.39 is 8.07 Å². The van der Waals surface area contributed by atoms with Crippen LogP contribution in [0.2, 0.25) is 25.7 Å². The molecule has 2 aromatic heterocycles. The Morgan fingerprint density at radius 2 is 2.13 bits per heavy atom. The van der Waals surface area contributed by atoms with Gasteiger partial charge in [-0.05, 0) is 41.0 Å².